The quantitative estimate of drug-likeness (QED) is 0.363. The minimum absolute atomic E-state index is 0.0858. The molecular weight excluding hydrogens is 390 g/mol. The summed E-state index contributed by atoms with van der Waals surface area (Å²) in [5.41, 5.74) is 3.05. The summed E-state index contributed by atoms with van der Waals surface area (Å²) in [6.07, 6.45) is 6.12. The molecule has 1 aromatic carbocycles. The van der Waals surface area contributed by atoms with E-state index in [4.69, 9.17) is 0 Å². The Morgan fingerprint density at radius 2 is 2.00 bits per heavy atom. The molecule has 1 amide bonds. The largest absolute Gasteiger partial charge is 0.491 e. The molecule has 12 heteroatoms. The van der Waals surface area contributed by atoms with Gasteiger partial charge in [0.2, 0.25) is 6.33 Å². The normalized spacial score (nSPS) is 10.8. The predicted octanol–water partition coefficient (Wildman–Crippen LogP) is 1.69. The number of benzene rings is 1. The first-order valence-electron chi connectivity index (χ1n) is 8.93. The summed E-state index contributed by atoms with van der Waals surface area (Å²) in [6.45, 7) is 2.72. The lowest BCUT2D eigenvalue weighted by molar-refractivity contribution is -0.394. The molecule has 0 bridgehead atoms. The molecule has 3 heterocycles. The molecular formula is C18H17N9O3. The minimum atomic E-state index is -0.683. The highest BCUT2D eigenvalue weighted by atomic mass is 16.6. The van der Waals surface area contributed by atoms with E-state index in [1.54, 1.807) is 29.3 Å². The number of hydrogen-bond donors (Lipinski definition) is 1. The number of nitrogens with zero attached hydrogens (tertiary/aromatic N) is 8. The summed E-state index contributed by atoms with van der Waals surface area (Å²) in [6, 6.07) is 9.57. The van der Waals surface area contributed by atoms with Crippen molar-refractivity contribution in [2.45, 2.75) is 20.1 Å². The van der Waals surface area contributed by atoms with Gasteiger partial charge in [-0.1, -0.05) is 29.2 Å². The Balaban J connectivity index is 1.38. The van der Waals surface area contributed by atoms with Gasteiger partial charge in [0.15, 0.2) is 12.4 Å². The van der Waals surface area contributed by atoms with Gasteiger partial charge >= 0.3 is 5.95 Å². The second-order valence-electron chi connectivity index (χ2n) is 6.53. The highest BCUT2D eigenvalue weighted by Gasteiger charge is 2.15. The summed E-state index contributed by atoms with van der Waals surface area (Å²) in [7, 11) is 0. The Morgan fingerprint density at radius 1 is 1.17 bits per heavy atom. The third-order valence-corrected chi connectivity index (χ3v) is 4.34. The van der Waals surface area contributed by atoms with Crippen molar-refractivity contribution in [3.05, 3.63) is 82.2 Å². The first-order chi connectivity index (χ1) is 14.5. The molecule has 4 rings (SSSR count). The molecule has 4 aromatic rings. The SMILES string of the molecule is Cc1ccccc1Cn1cc(NC(=O)c2ccn(Cn3cnc([N+](=O)[O-])n3)n2)cn1. The Bertz CT molecular complexity index is 1210. The van der Waals surface area contributed by atoms with Crippen LogP contribution in [0.2, 0.25) is 0 Å². The number of rotatable bonds is 7. The molecule has 0 unspecified atom stereocenters. The van der Waals surface area contributed by atoms with Crippen molar-refractivity contribution >= 4 is 17.5 Å². The second-order valence-corrected chi connectivity index (χ2v) is 6.53. The van der Waals surface area contributed by atoms with Crippen LogP contribution in [0.3, 0.4) is 0 Å². The maximum absolute atomic E-state index is 12.4. The highest BCUT2D eigenvalue weighted by molar-refractivity contribution is 6.02. The van der Waals surface area contributed by atoms with Crippen LogP contribution in [0.25, 0.3) is 0 Å². The number of anilines is 1. The number of nitrogens with one attached hydrogen (secondary N) is 1. The standard InChI is InChI=1S/C18H17N9O3/c1-13-4-2-3-5-14(13)9-25-10-15(8-20-25)21-17(28)16-6-7-24(22-16)12-26-11-19-18(23-26)27(29)30/h2-8,10-11H,9,12H2,1H3,(H,21,28). The van der Waals surface area contributed by atoms with Crippen molar-refractivity contribution in [1.82, 2.24) is 34.3 Å². The number of aryl methyl sites for hydroxylation is 1. The molecule has 1 N–H and O–H groups in total. The van der Waals surface area contributed by atoms with Crippen LogP contribution in [0.4, 0.5) is 11.6 Å². The van der Waals surface area contributed by atoms with Gasteiger partial charge in [0.1, 0.15) is 0 Å². The zero-order valence-corrected chi connectivity index (χ0v) is 15.9. The average Bonchev–Trinajstić information content (AvgIpc) is 3.45. The Morgan fingerprint density at radius 3 is 2.77 bits per heavy atom. The zero-order valence-electron chi connectivity index (χ0n) is 15.9. The highest BCUT2D eigenvalue weighted by Crippen LogP contribution is 2.12. The van der Waals surface area contributed by atoms with E-state index in [0.29, 0.717) is 12.2 Å². The third-order valence-electron chi connectivity index (χ3n) is 4.34. The van der Waals surface area contributed by atoms with Crippen molar-refractivity contribution in [2.24, 2.45) is 0 Å². The van der Waals surface area contributed by atoms with Gasteiger partial charge in [0, 0.05) is 17.5 Å². The van der Waals surface area contributed by atoms with Gasteiger partial charge in [-0.25, -0.2) is 4.68 Å². The summed E-state index contributed by atoms with van der Waals surface area (Å²) in [5, 5.41) is 25.5. The number of nitro groups is 1. The van der Waals surface area contributed by atoms with Gasteiger partial charge in [-0.3, -0.25) is 9.48 Å². The molecule has 12 nitrogen and oxygen atoms in total. The Labute approximate surface area is 169 Å². The van der Waals surface area contributed by atoms with Crippen LogP contribution in [0, 0.1) is 17.0 Å². The van der Waals surface area contributed by atoms with Gasteiger partial charge in [-0.2, -0.15) is 14.9 Å². The van der Waals surface area contributed by atoms with Crippen LogP contribution in [0.1, 0.15) is 21.6 Å². The zero-order chi connectivity index (χ0) is 21.1. The van der Waals surface area contributed by atoms with E-state index in [0.717, 1.165) is 5.56 Å². The lowest BCUT2D eigenvalue weighted by atomic mass is 10.1. The van der Waals surface area contributed by atoms with Gasteiger partial charge in [0.25, 0.3) is 5.91 Å². The minimum Gasteiger partial charge on any atom is -0.390 e. The van der Waals surface area contributed by atoms with E-state index in [9.17, 15) is 14.9 Å². The van der Waals surface area contributed by atoms with Gasteiger partial charge < -0.3 is 15.4 Å². The lowest BCUT2D eigenvalue weighted by Crippen LogP contribution is -2.14. The van der Waals surface area contributed by atoms with Crippen molar-refractivity contribution in [3.8, 4) is 0 Å². The summed E-state index contributed by atoms with van der Waals surface area (Å²) < 4.78 is 4.42. The average molecular weight is 407 g/mol. The van der Waals surface area contributed by atoms with Crippen molar-refractivity contribution in [3.63, 3.8) is 0 Å². The molecule has 0 spiro atoms. The lowest BCUT2D eigenvalue weighted by Gasteiger charge is -2.05. The molecule has 0 aliphatic rings. The maximum Gasteiger partial charge on any atom is 0.491 e. The fourth-order valence-electron chi connectivity index (χ4n) is 2.82. The van der Waals surface area contributed by atoms with E-state index in [1.165, 1.54) is 21.3 Å². The molecule has 0 atom stereocenters. The van der Waals surface area contributed by atoms with Crippen molar-refractivity contribution in [2.75, 3.05) is 5.32 Å². The summed E-state index contributed by atoms with van der Waals surface area (Å²) in [4.78, 5) is 26.0. The van der Waals surface area contributed by atoms with Crippen LogP contribution in [0.15, 0.2) is 55.2 Å². The fourth-order valence-corrected chi connectivity index (χ4v) is 2.82. The molecule has 0 saturated heterocycles. The summed E-state index contributed by atoms with van der Waals surface area (Å²) in [5.74, 6) is -0.892. The van der Waals surface area contributed by atoms with Crippen molar-refractivity contribution < 1.29 is 9.72 Å². The van der Waals surface area contributed by atoms with Crippen LogP contribution in [-0.2, 0) is 13.2 Å². The van der Waals surface area contributed by atoms with Gasteiger partial charge in [0.05, 0.1) is 18.4 Å². The number of hydrogen-bond acceptors (Lipinski definition) is 7. The first-order valence-corrected chi connectivity index (χ1v) is 8.93. The van der Waals surface area contributed by atoms with Gasteiger partial charge in [-0.05, 0) is 29.0 Å². The van der Waals surface area contributed by atoms with Crippen LogP contribution in [-0.4, -0.2) is 45.2 Å². The van der Waals surface area contributed by atoms with Gasteiger partial charge in [-0.15, -0.1) is 0 Å². The fraction of sp³-hybridized carbons (Fsp3) is 0.167. The molecule has 30 heavy (non-hydrogen) atoms. The smallest absolute Gasteiger partial charge is 0.390 e. The maximum atomic E-state index is 12.4. The molecule has 152 valence electrons. The Hall–Kier alpha value is -4.35. The third kappa shape index (κ3) is 4.22. The second kappa shape index (κ2) is 7.95. The van der Waals surface area contributed by atoms with E-state index >= 15 is 0 Å². The van der Waals surface area contributed by atoms with Crippen molar-refractivity contribution in [1.29, 1.82) is 0 Å². The molecule has 0 aliphatic heterocycles. The number of amides is 1. The molecule has 3 aromatic heterocycles. The van der Waals surface area contributed by atoms with Crippen LogP contribution < -0.4 is 5.32 Å². The number of carbonyl (C=O) groups excluding carboxylic acids is 1. The number of carbonyl (C=O) groups is 1. The van der Waals surface area contributed by atoms with E-state index in [2.05, 4.69) is 25.6 Å². The topological polar surface area (TPSA) is 139 Å². The monoisotopic (exact) mass is 407 g/mol. The number of aromatic nitrogens is 7. The first kappa shape index (κ1) is 19.0. The van der Waals surface area contributed by atoms with E-state index < -0.39 is 16.8 Å². The molecule has 0 saturated carbocycles. The molecule has 0 fully saturated rings. The predicted molar refractivity (Wildman–Crippen MR) is 105 cm³/mol. The van der Waals surface area contributed by atoms with Crippen LogP contribution in [0.5, 0.6) is 0 Å². The molecule has 0 radical (unpaired) electrons. The summed E-state index contributed by atoms with van der Waals surface area (Å²) >= 11 is 0. The Kier molecular flexibility index (Phi) is 5.03. The van der Waals surface area contributed by atoms with E-state index in [1.807, 2.05) is 31.2 Å². The van der Waals surface area contributed by atoms with E-state index in [-0.39, 0.29) is 12.4 Å². The molecule has 0 aliphatic carbocycles. The van der Waals surface area contributed by atoms with Crippen LogP contribution >= 0.6 is 0 Å².